The Balaban J connectivity index is 2.55. The van der Waals surface area contributed by atoms with Crippen LogP contribution in [-0.2, 0) is 0 Å². The Morgan fingerprint density at radius 3 is 2.61 bits per heavy atom. The van der Waals surface area contributed by atoms with E-state index in [9.17, 15) is 0 Å². The van der Waals surface area contributed by atoms with Crippen LogP contribution in [0.5, 0.6) is 11.6 Å². The second kappa shape index (κ2) is 5.31. The summed E-state index contributed by atoms with van der Waals surface area (Å²) in [5.41, 5.74) is 1.55. The Morgan fingerprint density at radius 2 is 1.94 bits per heavy atom. The van der Waals surface area contributed by atoms with Crippen molar-refractivity contribution in [1.29, 1.82) is 0 Å². The van der Waals surface area contributed by atoms with Crippen LogP contribution >= 0.6 is 0 Å². The first-order valence-electron chi connectivity index (χ1n) is 5.37. The zero-order chi connectivity index (χ0) is 13.0. The lowest BCUT2D eigenvalue weighted by Gasteiger charge is -2.11. The molecule has 0 aromatic carbocycles. The summed E-state index contributed by atoms with van der Waals surface area (Å²) in [6.45, 7) is 0. The molecule has 94 valence electrons. The van der Waals surface area contributed by atoms with E-state index in [0.29, 0.717) is 23.1 Å². The first kappa shape index (κ1) is 12.1. The lowest BCUT2D eigenvalue weighted by molar-refractivity contribution is 0.398. The van der Waals surface area contributed by atoms with Gasteiger partial charge in [-0.2, -0.15) is 0 Å². The number of ether oxygens (including phenoxy) is 2. The number of methoxy groups -OCH3 is 2. The van der Waals surface area contributed by atoms with Crippen LogP contribution in [0.3, 0.4) is 0 Å². The van der Waals surface area contributed by atoms with Crippen LogP contribution in [0.25, 0.3) is 11.3 Å². The molecule has 0 saturated heterocycles. The molecule has 2 aromatic rings. The van der Waals surface area contributed by atoms with Gasteiger partial charge in [0.15, 0.2) is 11.6 Å². The molecule has 0 spiro atoms. The van der Waals surface area contributed by atoms with Crippen molar-refractivity contribution < 1.29 is 9.47 Å². The topological polar surface area (TPSA) is 69.2 Å². The van der Waals surface area contributed by atoms with Crippen molar-refractivity contribution in [2.24, 2.45) is 0 Å². The fourth-order valence-electron chi connectivity index (χ4n) is 1.62. The van der Waals surface area contributed by atoms with Gasteiger partial charge in [-0.05, 0) is 6.07 Å². The van der Waals surface area contributed by atoms with Crippen molar-refractivity contribution in [1.82, 2.24) is 15.0 Å². The summed E-state index contributed by atoms with van der Waals surface area (Å²) in [4.78, 5) is 12.4. The molecule has 0 saturated carbocycles. The summed E-state index contributed by atoms with van der Waals surface area (Å²) in [6, 6.07) is 3.64. The summed E-state index contributed by atoms with van der Waals surface area (Å²) < 4.78 is 10.4. The summed E-state index contributed by atoms with van der Waals surface area (Å²) in [7, 11) is 4.94. The molecule has 0 amide bonds. The van der Waals surface area contributed by atoms with E-state index in [-0.39, 0.29) is 0 Å². The third-order valence-electron chi connectivity index (χ3n) is 2.46. The molecule has 0 unspecified atom stereocenters. The van der Waals surface area contributed by atoms with Gasteiger partial charge in [-0.3, -0.25) is 0 Å². The van der Waals surface area contributed by atoms with Crippen LogP contribution in [0.15, 0.2) is 24.7 Å². The second-order valence-corrected chi connectivity index (χ2v) is 3.44. The lowest BCUT2D eigenvalue weighted by Crippen LogP contribution is -2.00. The first-order chi connectivity index (χ1) is 8.80. The Hall–Kier alpha value is -2.37. The quantitative estimate of drug-likeness (QED) is 0.883. The lowest BCUT2D eigenvalue weighted by atomic mass is 10.1. The average molecular weight is 246 g/mol. The number of anilines is 1. The van der Waals surface area contributed by atoms with Gasteiger partial charge >= 0.3 is 0 Å². The number of hydrogen-bond donors (Lipinski definition) is 1. The third-order valence-corrected chi connectivity index (χ3v) is 2.46. The van der Waals surface area contributed by atoms with Gasteiger partial charge < -0.3 is 14.8 Å². The Labute approximate surface area is 105 Å². The molecule has 2 aromatic heterocycles. The molecule has 6 heteroatoms. The number of nitrogens with one attached hydrogen (secondary N) is 1. The van der Waals surface area contributed by atoms with Crippen molar-refractivity contribution in [3.63, 3.8) is 0 Å². The van der Waals surface area contributed by atoms with Gasteiger partial charge in [0.25, 0.3) is 0 Å². The summed E-state index contributed by atoms with van der Waals surface area (Å²) >= 11 is 0. The molecule has 2 heterocycles. The third kappa shape index (κ3) is 2.17. The van der Waals surface area contributed by atoms with Crippen LogP contribution in [0, 0.1) is 0 Å². The normalized spacial score (nSPS) is 9.94. The van der Waals surface area contributed by atoms with Gasteiger partial charge in [0, 0.05) is 24.9 Å². The number of hydrogen-bond acceptors (Lipinski definition) is 6. The van der Waals surface area contributed by atoms with Gasteiger partial charge in [-0.1, -0.05) is 0 Å². The highest BCUT2D eigenvalue weighted by Gasteiger charge is 2.13. The molecule has 6 nitrogen and oxygen atoms in total. The maximum absolute atomic E-state index is 5.35. The minimum absolute atomic E-state index is 0.527. The van der Waals surface area contributed by atoms with Gasteiger partial charge in [-0.25, -0.2) is 15.0 Å². The second-order valence-electron chi connectivity index (χ2n) is 3.44. The molecule has 0 aliphatic carbocycles. The molecule has 18 heavy (non-hydrogen) atoms. The van der Waals surface area contributed by atoms with Crippen molar-refractivity contribution in [2.75, 3.05) is 26.6 Å². The van der Waals surface area contributed by atoms with E-state index in [0.717, 1.165) is 5.56 Å². The summed E-state index contributed by atoms with van der Waals surface area (Å²) in [6.07, 6.45) is 3.14. The van der Waals surface area contributed by atoms with Gasteiger partial charge in [-0.15, -0.1) is 0 Å². The average Bonchev–Trinajstić information content (AvgIpc) is 2.46. The molecule has 2 rings (SSSR count). The smallest absolute Gasteiger partial charge is 0.213 e. The fraction of sp³-hybridized carbons (Fsp3) is 0.250. The van der Waals surface area contributed by atoms with Crippen molar-refractivity contribution in [2.45, 2.75) is 0 Å². The minimum atomic E-state index is 0.527. The summed E-state index contributed by atoms with van der Waals surface area (Å²) in [5.74, 6) is 1.76. The first-order valence-corrected chi connectivity index (χ1v) is 5.37. The maximum atomic E-state index is 5.35. The van der Waals surface area contributed by atoms with Gasteiger partial charge in [0.1, 0.15) is 12.0 Å². The van der Waals surface area contributed by atoms with Gasteiger partial charge in [0.05, 0.1) is 14.2 Å². The number of nitrogens with zero attached hydrogens (tertiary/aromatic N) is 3. The fourth-order valence-corrected chi connectivity index (χ4v) is 1.62. The summed E-state index contributed by atoms with van der Waals surface area (Å²) in [5, 5.41) is 2.96. The highest BCUT2D eigenvalue weighted by Crippen LogP contribution is 2.33. The predicted octanol–water partition coefficient (Wildman–Crippen LogP) is 1.60. The van der Waals surface area contributed by atoms with E-state index in [1.807, 2.05) is 6.07 Å². The van der Waals surface area contributed by atoms with Crippen LogP contribution in [0.1, 0.15) is 0 Å². The monoisotopic (exact) mass is 246 g/mol. The van der Waals surface area contributed by atoms with E-state index >= 15 is 0 Å². The van der Waals surface area contributed by atoms with Crippen molar-refractivity contribution in [3.8, 4) is 22.9 Å². The number of pyridine rings is 1. The van der Waals surface area contributed by atoms with Crippen LogP contribution in [0.4, 0.5) is 5.82 Å². The SMILES string of the molecule is CNc1ncnc(-c2ccnc(OC)c2)c1OC. The largest absolute Gasteiger partial charge is 0.491 e. The molecule has 0 bridgehead atoms. The number of rotatable bonds is 4. The zero-order valence-corrected chi connectivity index (χ0v) is 10.5. The molecule has 0 atom stereocenters. The number of aromatic nitrogens is 3. The molecule has 1 N–H and O–H groups in total. The highest BCUT2D eigenvalue weighted by molar-refractivity contribution is 5.72. The molecular formula is C12H14N4O2. The van der Waals surface area contributed by atoms with Crippen LogP contribution in [-0.4, -0.2) is 36.2 Å². The van der Waals surface area contributed by atoms with E-state index in [1.54, 1.807) is 33.5 Å². The molecule has 0 aliphatic rings. The van der Waals surface area contributed by atoms with Crippen LogP contribution in [0.2, 0.25) is 0 Å². The molecule has 0 radical (unpaired) electrons. The predicted molar refractivity (Wildman–Crippen MR) is 67.9 cm³/mol. The molecular weight excluding hydrogens is 232 g/mol. The highest BCUT2D eigenvalue weighted by atomic mass is 16.5. The zero-order valence-electron chi connectivity index (χ0n) is 10.5. The maximum Gasteiger partial charge on any atom is 0.213 e. The Morgan fingerprint density at radius 1 is 1.11 bits per heavy atom. The van der Waals surface area contributed by atoms with Crippen molar-refractivity contribution >= 4 is 5.82 Å². The van der Waals surface area contributed by atoms with Gasteiger partial charge in [0.2, 0.25) is 5.88 Å². The van der Waals surface area contributed by atoms with E-state index in [1.165, 1.54) is 6.33 Å². The Bertz CT molecular complexity index is 545. The Kier molecular flexibility index (Phi) is 3.57. The van der Waals surface area contributed by atoms with Crippen LogP contribution < -0.4 is 14.8 Å². The van der Waals surface area contributed by atoms with E-state index in [2.05, 4.69) is 20.3 Å². The van der Waals surface area contributed by atoms with E-state index in [4.69, 9.17) is 9.47 Å². The molecule has 0 aliphatic heterocycles. The minimum Gasteiger partial charge on any atom is -0.491 e. The molecule has 0 fully saturated rings. The standard InChI is InChI=1S/C12H14N4O2/c1-13-12-11(18-3)10(15-7-16-12)8-4-5-14-9(6-8)17-2/h4-7H,1-3H3,(H,13,15,16). The van der Waals surface area contributed by atoms with E-state index < -0.39 is 0 Å². The van der Waals surface area contributed by atoms with Crippen molar-refractivity contribution in [3.05, 3.63) is 24.7 Å².